The van der Waals surface area contributed by atoms with Crippen molar-refractivity contribution in [1.82, 2.24) is 19.7 Å². The molecule has 0 bridgehead atoms. The number of halogens is 2. The topological polar surface area (TPSA) is 34.0 Å². The van der Waals surface area contributed by atoms with Crippen LogP contribution in [0.5, 0.6) is 0 Å². The largest absolute Gasteiger partial charge is 0.316 e. The summed E-state index contributed by atoms with van der Waals surface area (Å²) in [6.07, 6.45) is 7.55. The van der Waals surface area contributed by atoms with Gasteiger partial charge in [0.15, 0.2) is 11.6 Å². The van der Waals surface area contributed by atoms with Gasteiger partial charge in [-0.1, -0.05) is 18.6 Å². The number of piperidine rings is 1. The van der Waals surface area contributed by atoms with Crippen molar-refractivity contribution in [3.63, 3.8) is 0 Å². The van der Waals surface area contributed by atoms with Gasteiger partial charge in [0.05, 0.1) is 6.04 Å². The minimum absolute atomic E-state index is 0.127. The van der Waals surface area contributed by atoms with E-state index >= 15 is 0 Å². The fourth-order valence-electron chi connectivity index (χ4n) is 3.60. The standard InChI is InChI=1S/C18H22F2N4/c19-15-5-3-4-14(17(15)20)11-23-9-2-1-6-16(23)18-22-21-12-24(18)10-13-7-8-13/h3-5,12-13,16H,1-2,6-11H2/t16-/m1/s1. The van der Waals surface area contributed by atoms with Crippen LogP contribution in [0.3, 0.4) is 0 Å². The van der Waals surface area contributed by atoms with Gasteiger partial charge in [0.1, 0.15) is 12.2 Å². The molecular formula is C18H22F2N4. The molecule has 1 aliphatic heterocycles. The van der Waals surface area contributed by atoms with Crippen molar-refractivity contribution in [2.75, 3.05) is 6.54 Å². The summed E-state index contributed by atoms with van der Waals surface area (Å²) in [7, 11) is 0. The summed E-state index contributed by atoms with van der Waals surface area (Å²) in [5.74, 6) is 0.204. The summed E-state index contributed by atoms with van der Waals surface area (Å²) in [5.41, 5.74) is 0.412. The summed E-state index contributed by atoms with van der Waals surface area (Å²) in [6, 6.07) is 4.53. The Morgan fingerprint density at radius 2 is 2.00 bits per heavy atom. The van der Waals surface area contributed by atoms with E-state index in [0.717, 1.165) is 44.1 Å². The van der Waals surface area contributed by atoms with Crippen LogP contribution in [-0.4, -0.2) is 26.2 Å². The predicted molar refractivity (Wildman–Crippen MR) is 86.1 cm³/mol. The van der Waals surface area contributed by atoms with E-state index in [4.69, 9.17) is 0 Å². The molecule has 0 spiro atoms. The summed E-state index contributed by atoms with van der Waals surface area (Å²) in [5, 5.41) is 8.46. The van der Waals surface area contributed by atoms with Gasteiger partial charge < -0.3 is 4.57 Å². The quantitative estimate of drug-likeness (QED) is 0.837. The van der Waals surface area contributed by atoms with Crippen LogP contribution in [0.2, 0.25) is 0 Å². The zero-order chi connectivity index (χ0) is 16.5. The zero-order valence-electron chi connectivity index (χ0n) is 13.7. The summed E-state index contributed by atoms with van der Waals surface area (Å²) >= 11 is 0. The van der Waals surface area contributed by atoms with Gasteiger partial charge in [0.25, 0.3) is 0 Å². The summed E-state index contributed by atoms with van der Waals surface area (Å²) in [4.78, 5) is 2.22. The minimum Gasteiger partial charge on any atom is -0.316 e. The van der Waals surface area contributed by atoms with Gasteiger partial charge in [-0.15, -0.1) is 10.2 Å². The highest BCUT2D eigenvalue weighted by molar-refractivity contribution is 5.19. The molecule has 1 atom stereocenters. The molecule has 0 amide bonds. The third-order valence-electron chi connectivity index (χ3n) is 5.11. The Balaban J connectivity index is 1.57. The maximum atomic E-state index is 14.1. The maximum Gasteiger partial charge on any atom is 0.163 e. The molecule has 1 aliphatic carbocycles. The van der Waals surface area contributed by atoms with Crippen LogP contribution < -0.4 is 0 Å². The molecule has 2 aliphatic rings. The van der Waals surface area contributed by atoms with Gasteiger partial charge in [-0.3, -0.25) is 4.90 Å². The Kier molecular flexibility index (Phi) is 4.31. The van der Waals surface area contributed by atoms with Crippen molar-refractivity contribution >= 4 is 0 Å². The van der Waals surface area contributed by atoms with E-state index in [0.29, 0.717) is 12.1 Å². The van der Waals surface area contributed by atoms with Crippen LogP contribution in [-0.2, 0) is 13.1 Å². The van der Waals surface area contributed by atoms with Crippen molar-refractivity contribution in [3.8, 4) is 0 Å². The molecule has 6 heteroatoms. The monoisotopic (exact) mass is 332 g/mol. The third kappa shape index (κ3) is 3.20. The Hall–Kier alpha value is -1.82. The molecule has 128 valence electrons. The van der Waals surface area contributed by atoms with Gasteiger partial charge in [0.2, 0.25) is 0 Å². The number of aromatic nitrogens is 3. The molecule has 1 aromatic carbocycles. The van der Waals surface area contributed by atoms with Crippen molar-refractivity contribution in [3.05, 3.63) is 47.5 Å². The lowest BCUT2D eigenvalue weighted by molar-refractivity contribution is 0.128. The highest BCUT2D eigenvalue weighted by atomic mass is 19.2. The first-order valence-electron chi connectivity index (χ1n) is 8.77. The van der Waals surface area contributed by atoms with Crippen LogP contribution in [0.4, 0.5) is 8.78 Å². The van der Waals surface area contributed by atoms with Crippen LogP contribution in [0.1, 0.15) is 49.5 Å². The van der Waals surface area contributed by atoms with E-state index in [1.807, 2.05) is 6.33 Å². The molecule has 1 aromatic heterocycles. The summed E-state index contributed by atoms with van der Waals surface area (Å²) in [6.45, 7) is 2.25. The lowest BCUT2D eigenvalue weighted by Gasteiger charge is -2.35. The molecule has 24 heavy (non-hydrogen) atoms. The second kappa shape index (κ2) is 6.59. The van der Waals surface area contributed by atoms with E-state index in [1.165, 1.54) is 18.9 Å². The Morgan fingerprint density at radius 1 is 1.12 bits per heavy atom. The highest BCUT2D eigenvalue weighted by Crippen LogP contribution is 2.35. The first kappa shape index (κ1) is 15.7. The number of hydrogen-bond donors (Lipinski definition) is 0. The normalized spacial score (nSPS) is 22.0. The highest BCUT2D eigenvalue weighted by Gasteiger charge is 2.30. The molecule has 0 radical (unpaired) electrons. The third-order valence-corrected chi connectivity index (χ3v) is 5.11. The fraction of sp³-hybridized carbons (Fsp3) is 0.556. The van der Waals surface area contributed by atoms with Gasteiger partial charge in [-0.25, -0.2) is 8.78 Å². The van der Waals surface area contributed by atoms with E-state index in [9.17, 15) is 8.78 Å². The predicted octanol–water partition coefficient (Wildman–Crippen LogP) is 3.69. The SMILES string of the molecule is Fc1cccc(CN2CCCC[C@@H]2c2nncn2CC2CC2)c1F. The van der Waals surface area contributed by atoms with Crippen molar-refractivity contribution < 1.29 is 8.78 Å². The van der Waals surface area contributed by atoms with Crippen molar-refractivity contribution in [1.29, 1.82) is 0 Å². The zero-order valence-corrected chi connectivity index (χ0v) is 13.7. The van der Waals surface area contributed by atoms with Gasteiger partial charge in [-0.2, -0.15) is 0 Å². The molecule has 2 aromatic rings. The first-order chi connectivity index (χ1) is 11.7. The molecule has 2 fully saturated rings. The average molecular weight is 332 g/mol. The van der Waals surface area contributed by atoms with E-state index < -0.39 is 11.6 Å². The van der Waals surface area contributed by atoms with E-state index in [-0.39, 0.29) is 6.04 Å². The van der Waals surface area contributed by atoms with Gasteiger partial charge >= 0.3 is 0 Å². The Labute approximate surface area is 140 Å². The lowest BCUT2D eigenvalue weighted by Crippen LogP contribution is -2.35. The molecule has 4 rings (SSSR count). The molecule has 0 N–H and O–H groups in total. The molecule has 0 unspecified atom stereocenters. The summed E-state index contributed by atoms with van der Waals surface area (Å²) < 4.78 is 29.7. The first-order valence-corrected chi connectivity index (χ1v) is 8.77. The molecule has 1 saturated heterocycles. The number of nitrogens with zero attached hydrogens (tertiary/aromatic N) is 4. The molecular weight excluding hydrogens is 310 g/mol. The number of likely N-dealkylation sites (tertiary alicyclic amines) is 1. The number of benzene rings is 1. The average Bonchev–Trinajstić information content (AvgIpc) is 3.28. The second-order valence-electron chi connectivity index (χ2n) is 6.98. The van der Waals surface area contributed by atoms with E-state index in [1.54, 1.807) is 12.1 Å². The number of rotatable bonds is 5. The lowest BCUT2D eigenvalue weighted by atomic mass is 10.00. The smallest absolute Gasteiger partial charge is 0.163 e. The molecule has 1 saturated carbocycles. The Bertz CT molecular complexity index is 711. The van der Waals surface area contributed by atoms with Crippen LogP contribution in [0.25, 0.3) is 0 Å². The fourth-order valence-corrected chi connectivity index (χ4v) is 3.60. The van der Waals surface area contributed by atoms with Crippen LogP contribution in [0.15, 0.2) is 24.5 Å². The van der Waals surface area contributed by atoms with Crippen molar-refractivity contribution in [2.24, 2.45) is 5.92 Å². The van der Waals surface area contributed by atoms with Gasteiger partial charge in [0, 0.05) is 18.7 Å². The van der Waals surface area contributed by atoms with Crippen LogP contribution in [0, 0.1) is 17.6 Å². The molecule has 4 nitrogen and oxygen atoms in total. The van der Waals surface area contributed by atoms with Gasteiger partial charge in [-0.05, 0) is 44.2 Å². The Morgan fingerprint density at radius 3 is 2.83 bits per heavy atom. The minimum atomic E-state index is -0.780. The maximum absolute atomic E-state index is 14.1. The van der Waals surface area contributed by atoms with Crippen molar-refractivity contribution in [2.45, 2.75) is 51.2 Å². The molecule has 2 heterocycles. The number of hydrogen-bond acceptors (Lipinski definition) is 3. The van der Waals surface area contributed by atoms with Crippen LogP contribution >= 0.6 is 0 Å². The van der Waals surface area contributed by atoms with E-state index in [2.05, 4.69) is 19.7 Å². The second-order valence-corrected chi connectivity index (χ2v) is 6.98.